The van der Waals surface area contributed by atoms with Crippen LogP contribution in [0.1, 0.15) is 29.9 Å². The molecule has 0 aliphatic rings. The zero-order valence-electron chi connectivity index (χ0n) is 13.7. The molecule has 23 heavy (non-hydrogen) atoms. The maximum Gasteiger partial charge on any atom is 0.274 e. The Labute approximate surface area is 136 Å². The maximum atomic E-state index is 12.5. The van der Waals surface area contributed by atoms with Gasteiger partial charge in [-0.15, -0.1) is 0 Å². The number of aromatic nitrogens is 2. The van der Waals surface area contributed by atoms with E-state index in [9.17, 15) is 4.79 Å². The van der Waals surface area contributed by atoms with Gasteiger partial charge in [0, 0.05) is 25.5 Å². The minimum Gasteiger partial charge on any atom is -0.493 e. The number of hydrogen-bond acceptors (Lipinski definition) is 5. The lowest BCUT2D eigenvalue weighted by molar-refractivity contribution is 0.0746. The molecule has 1 aromatic heterocycles. The summed E-state index contributed by atoms with van der Waals surface area (Å²) in [4.78, 5) is 22.2. The number of nitrogens with zero attached hydrogens (tertiary/aromatic N) is 3. The van der Waals surface area contributed by atoms with Crippen molar-refractivity contribution >= 4 is 5.91 Å². The maximum absolute atomic E-state index is 12.5. The number of hydrogen-bond donors (Lipinski definition) is 0. The second-order valence-corrected chi connectivity index (χ2v) is 4.83. The highest BCUT2D eigenvalue weighted by Crippen LogP contribution is 2.28. The molecule has 0 atom stereocenters. The van der Waals surface area contributed by atoms with E-state index in [2.05, 4.69) is 9.97 Å². The third-order valence-corrected chi connectivity index (χ3v) is 3.35. The Morgan fingerprint density at radius 2 is 2.04 bits per heavy atom. The van der Waals surface area contributed by atoms with E-state index in [0.717, 1.165) is 5.56 Å². The van der Waals surface area contributed by atoms with Crippen LogP contribution in [0.25, 0.3) is 0 Å². The number of ether oxygens (including phenoxy) is 2. The van der Waals surface area contributed by atoms with Crippen molar-refractivity contribution in [2.24, 2.45) is 0 Å². The fourth-order valence-electron chi connectivity index (χ4n) is 2.20. The van der Waals surface area contributed by atoms with E-state index >= 15 is 0 Å². The summed E-state index contributed by atoms with van der Waals surface area (Å²) in [6.45, 7) is 5.47. The molecule has 1 heterocycles. The molecule has 122 valence electrons. The van der Waals surface area contributed by atoms with Gasteiger partial charge in [0.05, 0.1) is 19.9 Å². The Bertz CT molecular complexity index is 647. The third kappa shape index (κ3) is 4.18. The van der Waals surface area contributed by atoms with Crippen molar-refractivity contribution in [3.05, 3.63) is 48.0 Å². The summed E-state index contributed by atoms with van der Waals surface area (Å²) in [5, 5.41) is 0. The van der Waals surface area contributed by atoms with Gasteiger partial charge in [-0.05, 0) is 31.5 Å². The Morgan fingerprint density at radius 3 is 2.65 bits per heavy atom. The van der Waals surface area contributed by atoms with Crippen LogP contribution in [-0.2, 0) is 6.54 Å². The molecule has 0 aliphatic carbocycles. The van der Waals surface area contributed by atoms with Gasteiger partial charge in [0.15, 0.2) is 11.5 Å². The normalized spacial score (nSPS) is 10.2. The Hall–Kier alpha value is -2.63. The zero-order valence-corrected chi connectivity index (χ0v) is 13.7. The monoisotopic (exact) mass is 315 g/mol. The third-order valence-electron chi connectivity index (χ3n) is 3.35. The quantitative estimate of drug-likeness (QED) is 0.785. The molecule has 0 unspecified atom stereocenters. The summed E-state index contributed by atoms with van der Waals surface area (Å²) in [6.07, 6.45) is 4.54. The number of amides is 1. The largest absolute Gasteiger partial charge is 0.493 e. The SMILES string of the molecule is CCOc1ccc(CN(CC)C(=O)c2cnccn2)cc1OC. The molecule has 0 spiro atoms. The first-order valence-corrected chi connectivity index (χ1v) is 7.54. The van der Waals surface area contributed by atoms with E-state index in [1.165, 1.54) is 12.4 Å². The topological polar surface area (TPSA) is 64.5 Å². The summed E-state index contributed by atoms with van der Waals surface area (Å²) in [7, 11) is 1.60. The lowest BCUT2D eigenvalue weighted by Crippen LogP contribution is -2.31. The molecule has 0 saturated heterocycles. The van der Waals surface area contributed by atoms with E-state index in [1.54, 1.807) is 18.2 Å². The minimum atomic E-state index is -0.145. The van der Waals surface area contributed by atoms with Crippen molar-refractivity contribution in [1.29, 1.82) is 0 Å². The minimum absolute atomic E-state index is 0.145. The second kappa shape index (κ2) is 8.12. The van der Waals surface area contributed by atoms with Crippen LogP contribution in [0.4, 0.5) is 0 Å². The molecule has 0 N–H and O–H groups in total. The van der Waals surface area contributed by atoms with Gasteiger partial charge in [0.1, 0.15) is 5.69 Å². The molecule has 0 aliphatic heterocycles. The molecule has 0 fully saturated rings. The predicted octanol–water partition coefficient (Wildman–Crippen LogP) is 2.55. The summed E-state index contributed by atoms with van der Waals surface area (Å²) in [6, 6.07) is 5.68. The fourth-order valence-corrected chi connectivity index (χ4v) is 2.20. The lowest BCUT2D eigenvalue weighted by Gasteiger charge is -2.21. The highest BCUT2D eigenvalue weighted by Gasteiger charge is 2.16. The van der Waals surface area contributed by atoms with Crippen molar-refractivity contribution in [3.63, 3.8) is 0 Å². The molecule has 6 nitrogen and oxygen atoms in total. The van der Waals surface area contributed by atoms with E-state index in [-0.39, 0.29) is 5.91 Å². The van der Waals surface area contributed by atoms with Crippen molar-refractivity contribution in [3.8, 4) is 11.5 Å². The smallest absolute Gasteiger partial charge is 0.274 e. The zero-order chi connectivity index (χ0) is 16.7. The van der Waals surface area contributed by atoms with Crippen LogP contribution >= 0.6 is 0 Å². The van der Waals surface area contributed by atoms with Gasteiger partial charge in [-0.1, -0.05) is 6.07 Å². The molecule has 0 bridgehead atoms. The van der Waals surface area contributed by atoms with Gasteiger partial charge in [-0.25, -0.2) is 4.98 Å². The van der Waals surface area contributed by atoms with Crippen molar-refractivity contribution in [2.75, 3.05) is 20.3 Å². The summed E-state index contributed by atoms with van der Waals surface area (Å²) < 4.78 is 10.9. The van der Waals surface area contributed by atoms with Crippen molar-refractivity contribution in [2.45, 2.75) is 20.4 Å². The first kappa shape index (κ1) is 16.7. The van der Waals surface area contributed by atoms with Gasteiger partial charge in [-0.3, -0.25) is 9.78 Å². The number of carbonyl (C=O) groups is 1. The van der Waals surface area contributed by atoms with E-state index in [4.69, 9.17) is 9.47 Å². The molecule has 1 amide bonds. The van der Waals surface area contributed by atoms with Gasteiger partial charge in [0.2, 0.25) is 0 Å². The number of methoxy groups -OCH3 is 1. The lowest BCUT2D eigenvalue weighted by atomic mass is 10.1. The number of rotatable bonds is 7. The van der Waals surface area contributed by atoms with E-state index in [1.807, 2.05) is 32.0 Å². The second-order valence-electron chi connectivity index (χ2n) is 4.83. The highest BCUT2D eigenvalue weighted by molar-refractivity contribution is 5.91. The van der Waals surface area contributed by atoms with E-state index in [0.29, 0.717) is 36.9 Å². The molecule has 2 aromatic rings. The van der Waals surface area contributed by atoms with Crippen LogP contribution in [0.15, 0.2) is 36.8 Å². The molecule has 2 rings (SSSR count). The number of benzene rings is 1. The molecule has 1 aromatic carbocycles. The molecule has 0 radical (unpaired) electrons. The van der Waals surface area contributed by atoms with Crippen LogP contribution in [0.3, 0.4) is 0 Å². The Balaban J connectivity index is 2.17. The molecular weight excluding hydrogens is 294 g/mol. The molecular formula is C17H21N3O3. The van der Waals surface area contributed by atoms with Crippen molar-refractivity contribution < 1.29 is 14.3 Å². The first-order valence-electron chi connectivity index (χ1n) is 7.54. The first-order chi connectivity index (χ1) is 11.2. The van der Waals surface area contributed by atoms with Crippen LogP contribution in [0, 0.1) is 0 Å². The molecule has 0 saturated carbocycles. The van der Waals surface area contributed by atoms with Gasteiger partial charge in [-0.2, -0.15) is 0 Å². The molecule has 6 heteroatoms. The van der Waals surface area contributed by atoms with Crippen LogP contribution in [0.2, 0.25) is 0 Å². The average Bonchev–Trinajstić information content (AvgIpc) is 2.61. The van der Waals surface area contributed by atoms with Crippen molar-refractivity contribution in [1.82, 2.24) is 14.9 Å². The fraction of sp³-hybridized carbons (Fsp3) is 0.353. The Kier molecular flexibility index (Phi) is 5.91. The highest BCUT2D eigenvalue weighted by atomic mass is 16.5. The summed E-state index contributed by atoms with van der Waals surface area (Å²) in [5.41, 5.74) is 1.30. The number of carbonyl (C=O) groups excluding carboxylic acids is 1. The summed E-state index contributed by atoms with van der Waals surface area (Å²) in [5.74, 6) is 1.21. The van der Waals surface area contributed by atoms with Gasteiger partial charge in [0.25, 0.3) is 5.91 Å². The standard InChI is InChI=1S/C17H21N3O3/c1-4-20(17(21)14-11-18-8-9-19-14)12-13-6-7-15(23-5-2)16(10-13)22-3/h6-11H,4-5,12H2,1-3H3. The van der Waals surface area contributed by atoms with Crippen LogP contribution < -0.4 is 9.47 Å². The van der Waals surface area contributed by atoms with E-state index < -0.39 is 0 Å². The van der Waals surface area contributed by atoms with Crippen LogP contribution in [0.5, 0.6) is 11.5 Å². The Morgan fingerprint density at radius 1 is 1.22 bits per heavy atom. The van der Waals surface area contributed by atoms with Crippen LogP contribution in [-0.4, -0.2) is 41.0 Å². The van der Waals surface area contributed by atoms with Gasteiger partial charge >= 0.3 is 0 Å². The average molecular weight is 315 g/mol. The van der Waals surface area contributed by atoms with Gasteiger partial charge < -0.3 is 14.4 Å². The predicted molar refractivity (Wildman–Crippen MR) is 86.6 cm³/mol. The summed E-state index contributed by atoms with van der Waals surface area (Å²) >= 11 is 0.